The third-order valence-corrected chi connectivity index (χ3v) is 14.6. The summed E-state index contributed by atoms with van der Waals surface area (Å²) in [7, 11) is 0.374. The number of benzene rings is 2. The molecule has 3 rings (SSSR count). The minimum atomic E-state index is -4.34. The number of amides is 4. The number of rotatable bonds is 26. The molecule has 1 fully saturated rings. The molecule has 3 N–H and O–H groups in total. The fourth-order valence-corrected chi connectivity index (χ4v) is 10.0. The van der Waals surface area contributed by atoms with Crippen LogP contribution in [0.5, 0.6) is 0 Å². The second-order valence-electron chi connectivity index (χ2n) is 20.9. The van der Waals surface area contributed by atoms with Crippen molar-refractivity contribution in [2.75, 3.05) is 27.8 Å². The minimum absolute atomic E-state index is 0.0617. The summed E-state index contributed by atoms with van der Waals surface area (Å²) in [4.78, 5) is 72.4. The average molecular weight is 997 g/mol. The number of nitrogens with one attached hydrogen (secondary N) is 2. The Hall–Kier alpha value is -4.64. The fraction of sp³-hybridized carbons (Fsp3) is 0.648. The Labute approximate surface area is 419 Å². The zero-order chi connectivity index (χ0) is 52.7. The van der Waals surface area contributed by atoms with Gasteiger partial charge in [-0.3, -0.25) is 28.6 Å². The Kier molecular flexibility index (Phi) is 23.2. The zero-order valence-electron chi connectivity index (χ0n) is 44.3. The lowest BCUT2D eigenvalue weighted by atomic mass is 9.79. The highest BCUT2D eigenvalue weighted by Crippen LogP contribution is 2.33. The molecule has 0 saturated carbocycles. The van der Waals surface area contributed by atoms with E-state index in [2.05, 4.69) is 24.5 Å². The second kappa shape index (κ2) is 27.3. The van der Waals surface area contributed by atoms with Crippen LogP contribution in [0.1, 0.15) is 126 Å². The number of nitrogens with zero attached hydrogens (tertiary/aromatic N) is 2. The van der Waals surface area contributed by atoms with Gasteiger partial charge in [0.25, 0.3) is 10.1 Å². The lowest BCUT2D eigenvalue weighted by Gasteiger charge is -2.36. The van der Waals surface area contributed by atoms with E-state index >= 15 is 0 Å². The summed E-state index contributed by atoms with van der Waals surface area (Å²) in [6.45, 7) is 21.2. The first-order valence-corrected chi connectivity index (χ1v) is 26.4. The molecule has 392 valence electrons. The van der Waals surface area contributed by atoms with Crippen molar-refractivity contribution < 1.29 is 51.2 Å². The van der Waals surface area contributed by atoms with Crippen LogP contribution in [-0.2, 0) is 49.9 Å². The number of Topliss-reactive ketones (excluding diaryl/α,β-unsaturated/α-hetero) is 1. The van der Waals surface area contributed by atoms with Crippen molar-refractivity contribution in [3.8, 4) is 0 Å². The van der Waals surface area contributed by atoms with Gasteiger partial charge in [-0.25, -0.2) is 4.79 Å². The van der Waals surface area contributed by atoms with Crippen LogP contribution in [0.4, 0.5) is 4.79 Å². The molecule has 2 aromatic carbocycles. The first kappa shape index (κ1) is 59.7. The summed E-state index contributed by atoms with van der Waals surface area (Å²) in [6, 6.07) is 13.1. The summed E-state index contributed by atoms with van der Waals surface area (Å²) in [6.07, 6.45) is 5.91. The van der Waals surface area contributed by atoms with Crippen LogP contribution < -0.4 is 10.6 Å². The van der Waals surface area contributed by atoms with Crippen LogP contribution in [0, 0.1) is 35.5 Å². The molecule has 16 heteroatoms. The molecule has 10 atom stereocenters. The predicted octanol–water partition coefficient (Wildman–Crippen LogP) is 8.40. The Morgan fingerprint density at radius 3 is 2.03 bits per heavy atom. The normalized spacial score (nSPS) is 18.4. The van der Waals surface area contributed by atoms with Gasteiger partial charge in [-0.15, -0.1) is 0 Å². The SMILES string of the molecule is CCC(C)C(CCC(C)C(=O)C(NC(=O)C(C(C)C)N(C)C(=O)OC(C)(C)C)C(C)C)C(CC(=O)N1CCCC1C(OC)C(C)C(=O)NC(C=Cc1ccc(S(=O)(=O)O)cc1)Cc1ccccc1)OC. The molecule has 0 spiro atoms. The number of carbonyl (C=O) groups excluding carboxylic acids is 5. The van der Waals surface area contributed by atoms with Crippen molar-refractivity contribution in [3.63, 3.8) is 0 Å². The summed E-state index contributed by atoms with van der Waals surface area (Å²) < 4.78 is 50.3. The van der Waals surface area contributed by atoms with Crippen LogP contribution in [0.15, 0.2) is 65.6 Å². The van der Waals surface area contributed by atoms with Crippen molar-refractivity contribution in [1.82, 2.24) is 20.4 Å². The molecule has 0 aromatic heterocycles. The maximum atomic E-state index is 14.4. The van der Waals surface area contributed by atoms with Crippen LogP contribution >= 0.6 is 0 Å². The number of hydrogen-bond acceptors (Lipinski definition) is 10. The number of hydrogen-bond donors (Lipinski definition) is 3. The molecule has 4 amide bonds. The fourth-order valence-electron chi connectivity index (χ4n) is 9.52. The Balaban J connectivity index is 1.75. The van der Waals surface area contributed by atoms with Crippen molar-refractivity contribution in [1.29, 1.82) is 0 Å². The quantitative estimate of drug-likeness (QED) is 0.0766. The van der Waals surface area contributed by atoms with Gasteiger partial charge >= 0.3 is 6.09 Å². The monoisotopic (exact) mass is 997 g/mol. The molecule has 2 aromatic rings. The maximum absolute atomic E-state index is 14.4. The molecule has 70 heavy (non-hydrogen) atoms. The van der Waals surface area contributed by atoms with E-state index in [0.717, 1.165) is 18.4 Å². The summed E-state index contributed by atoms with van der Waals surface area (Å²) in [5.74, 6) is -2.30. The lowest BCUT2D eigenvalue weighted by Crippen LogP contribution is -2.56. The van der Waals surface area contributed by atoms with Gasteiger partial charge in [-0.2, -0.15) is 8.42 Å². The highest BCUT2D eigenvalue weighted by atomic mass is 32.2. The third kappa shape index (κ3) is 17.6. The Morgan fingerprint density at radius 1 is 0.871 bits per heavy atom. The number of carbonyl (C=O) groups is 5. The van der Waals surface area contributed by atoms with E-state index in [4.69, 9.17) is 14.2 Å². The largest absolute Gasteiger partial charge is 0.444 e. The summed E-state index contributed by atoms with van der Waals surface area (Å²) in [5.41, 5.74) is 0.933. The van der Waals surface area contributed by atoms with Crippen LogP contribution in [0.2, 0.25) is 0 Å². The first-order chi connectivity index (χ1) is 32.7. The summed E-state index contributed by atoms with van der Waals surface area (Å²) in [5, 5.41) is 6.16. The zero-order valence-corrected chi connectivity index (χ0v) is 45.1. The number of ketones is 1. The lowest BCUT2D eigenvalue weighted by molar-refractivity contribution is -0.143. The molecule has 0 aliphatic carbocycles. The van der Waals surface area contributed by atoms with Crippen LogP contribution in [0.25, 0.3) is 6.08 Å². The molecule has 15 nitrogen and oxygen atoms in total. The van der Waals surface area contributed by atoms with Crippen molar-refractivity contribution >= 4 is 45.8 Å². The van der Waals surface area contributed by atoms with Gasteiger partial charge in [0, 0.05) is 33.7 Å². The van der Waals surface area contributed by atoms with Gasteiger partial charge in [0.2, 0.25) is 17.7 Å². The minimum Gasteiger partial charge on any atom is -0.444 e. The predicted molar refractivity (Wildman–Crippen MR) is 273 cm³/mol. The third-order valence-electron chi connectivity index (χ3n) is 13.7. The van der Waals surface area contributed by atoms with Gasteiger partial charge in [-0.1, -0.05) is 116 Å². The second-order valence-corrected chi connectivity index (χ2v) is 22.3. The Bertz CT molecular complexity index is 2140. The highest BCUT2D eigenvalue weighted by molar-refractivity contribution is 7.85. The molecule has 1 aliphatic heterocycles. The number of ether oxygens (including phenoxy) is 3. The van der Waals surface area contributed by atoms with E-state index in [1.165, 1.54) is 24.1 Å². The molecule has 1 aliphatic rings. The van der Waals surface area contributed by atoms with E-state index in [1.54, 1.807) is 53.2 Å². The van der Waals surface area contributed by atoms with E-state index in [0.29, 0.717) is 37.8 Å². The van der Waals surface area contributed by atoms with Gasteiger partial charge in [0.15, 0.2) is 5.78 Å². The molecule has 10 unspecified atom stereocenters. The smallest absolute Gasteiger partial charge is 0.410 e. The van der Waals surface area contributed by atoms with Crippen LogP contribution in [0.3, 0.4) is 0 Å². The van der Waals surface area contributed by atoms with Crippen molar-refractivity contribution in [2.45, 2.75) is 168 Å². The molecule has 1 saturated heterocycles. The van der Waals surface area contributed by atoms with Gasteiger partial charge in [-0.05, 0) is 99.8 Å². The van der Waals surface area contributed by atoms with Crippen molar-refractivity contribution in [2.24, 2.45) is 35.5 Å². The van der Waals surface area contributed by atoms with Crippen LogP contribution in [-0.4, -0.2) is 122 Å². The Morgan fingerprint density at radius 2 is 1.50 bits per heavy atom. The van der Waals surface area contributed by atoms with Gasteiger partial charge in [0.1, 0.15) is 11.6 Å². The van der Waals surface area contributed by atoms with E-state index < -0.39 is 69.9 Å². The first-order valence-electron chi connectivity index (χ1n) is 25.0. The van der Waals surface area contributed by atoms with E-state index in [9.17, 15) is 36.9 Å². The van der Waals surface area contributed by atoms with Gasteiger partial charge in [0.05, 0.1) is 47.6 Å². The van der Waals surface area contributed by atoms with Gasteiger partial charge < -0.3 is 29.7 Å². The average Bonchev–Trinajstić information content (AvgIpc) is 3.78. The standard InChI is InChI=1S/C54H84N4O11S/c1-15-36(6)43(30-23-37(7)49(60)47(34(2)3)56-52(62)48(35(4)5)57(12)53(63)69-54(9,10)11)45(67-13)33-46(59)58-31-19-22-44(58)50(68-14)38(8)51(61)55-41(32-40-20-17-16-18-21-40)27-24-39-25-28-42(29-26-39)70(64,65)66/h16-18,20-21,24-29,34-38,41,43-45,47-48,50H,15,19,22-23,30-33H2,1-14H3,(H,55,61)(H,56,62)(H,64,65,66). The number of methoxy groups -OCH3 is 2. The topological polar surface area (TPSA) is 198 Å². The number of likely N-dealkylation sites (N-methyl/N-ethyl adjacent to an activating group) is 1. The number of likely N-dealkylation sites (tertiary alicyclic amines) is 1. The molecule has 1 heterocycles. The molecular formula is C54H84N4O11S. The maximum Gasteiger partial charge on any atom is 0.410 e. The van der Waals surface area contributed by atoms with Crippen molar-refractivity contribution in [3.05, 3.63) is 71.8 Å². The molecule has 0 radical (unpaired) electrons. The van der Waals surface area contributed by atoms with E-state index in [1.807, 2.05) is 82.9 Å². The summed E-state index contributed by atoms with van der Waals surface area (Å²) >= 11 is 0. The highest BCUT2D eigenvalue weighted by Gasteiger charge is 2.42. The van der Waals surface area contributed by atoms with E-state index in [-0.39, 0.29) is 58.6 Å². The molecular weight excluding hydrogens is 913 g/mol. The molecule has 0 bridgehead atoms.